The summed E-state index contributed by atoms with van der Waals surface area (Å²) in [6, 6.07) is 3.41. The first-order valence-corrected chi connectivity index (χ1v) is 8.13. The number of piperidine rings is 1. The number of hydrogen-bond donors (Lipinski definition) is 2. The standard InChI is InChI=1S/C17H24F2N4O/c1-20-16(24)9-12-5-7-23(8-6-12)17(21-2)22-11-13-10-14(18)3-4-15(13)19/h3-4,10,12H,5-9,11H2,1-2H3,(H,20,24)(H,21,22). The van der Waals surface area contributed by atoms with Crippen LogP contribution in [0.5, 0.6) is 0 Å². The van der Waals surface area contributed by atoms with E-state index in [1.807, 2.05) is 0 Å². The maximum absolute atomic E-state index is 13.7. The summed E-state index contributed by atoms with van der Waals surface area (Å²) in [6.07, 6.45) is 2.36. The lowest BCUT2D eigenvalue weighted by atomic mass is 9.93. The van der Waals surface area contributed by atoms with Gasteiger partial charge in [-0.1, -0.05) is 0 Å². The van der Waals surface area contributed by atoms with Crippen molar-refractivity contribution in [3.63, 3.8) is 0 Å². The third-order valence-corrected chi connectivity index (χ3v) is 4.32. The van der Waals surface area contributed by atoms with Crippen molar-refractivity contribution in [3.8, 4) is 0 Å². The lowest BCUT2D eigenvalue weighted by Crippen LogP contribution is -2.45. The number of guanidine groups is 1. The van der Waals surface area contributed by atoms with Crippen molar-refractivity contribution in [3.05, 3.63) is 35.4 Å². The molecule has 7 heteroatoms. The summed E-state index contributed by atoms with van der Waals surface area (Å²) in [4.78, 5) is 17.7. The minimum Gasteiger partial charge on any atom is -0.359 e. The van der Waals surface area contributed by atoms with Crippen molar-refractivity contribution >= 4 is 11.9 Å². The molecule has 2 N–H and O–H groups in total. The van der Waals surface area contributed by atoms with Gasteiger partial charge in [-0.15, -0.1) is 0 Å². The first-order valence-electron chi connectivity index (χ1n) is 8.13. The molecule has 1 heterocycles. The normalized spacial score (nSPS) is 16.2. The highest BCUT2D eigenvalue weighted by Crippen LogP contribution is 2.20. The summed E-state index contributed by atoms with van der Waals surface area (Å²) in [5, 5.41) is 5.73. The van der Waals surface area contributed by atoms with Crippen molar-refractivity contribution in [1.82, 2.24) is 15.5 Å². The number of amides is 1. The molecule has 1 aliphatic rings. The molecular weight excluding hydrogens is 314 g/mol. The lowest BCUT2D eigenvalue weighted by molar-refractivity contribution is -0.121. The first-order chi connectivity index (χ1) is 11.5. The Balaban J connectivity index is 1.87. The van der Waals surface area contributed by atoms with E-state index < -0.39 is 11.6 Å². The molecular formula is C17H24F2N4O. The van der Waals surface area contributed by atoms with Crippen molar-refractivity contribution in [1.29, 1.82) is 0 Å². The molecule has 0 radical (unpaired) electrons. The Hall–Kier alpha value is -2.18. The van der Waals surface area contributed by atoms with Crippen LogP contribution in [0.25, 0.3) is 0 Å². The molecule has 1 amide bonds. The molecule has 5 nitrogen and oxygen atoms in total. The fraction of sp³-hybridized carbons (Fsp3) is 0.529. The number of aliphatic imine (C=N–C) groups is 1. The summed E-state index contributed by atoms with van der Waals surface area (Å²) >= 11 is 0. The predicted molar refractivity (Wildman–Crippen MR) is 89.5 cm³/mol. The minimum atomic E-state index is -0.460. The third kappa shape index (κ3) is 4.91. The molecule has 0 aromatic heterocycles. The van der Waals surface area contributed by atoms with E-state index in [4.69, 9.17) is 0 Å². The van der Waals surface area contributed by atoms with Crippen molar-refractivity contribution in [2.75, 3.05) is 27.2 Å². The topological polar surface area (TPSA) is 56.7 Å². The fourth-order valence-corrected chi connectivity index (χ4v) is 2.90. The Morgan fingerprint density at radius 1 is 1.33 bits per heavy atom. The molecule has 1 fully saturated rings. The molecule has 132 valence electrons. The molecule has 1 aliphatic heterocycles. The Morgan fingerprint density at radius 3 is 2.67 bits per heavy atom. The Labute approximate surface area is 141 Å². The monoisotopic (exact) mass is 338 g/mol. The van der Waals surface area contributed by atoms with Gasteiger partial charge in [-0.3, -0.25) is 9.79 Å². The fourth-order valence-electron chi connectivity index (χ4n) is 2.90. The largest absolute Gasteiger partial charge is 0.359 e. The van der Waals surface area contributed by atoms with Crippen LogP contribution < -0.4 is 10.6 Å². The van der Waals surface area contributed by atoms with Crippen molar-refractivity contribution in [2.24, 2.45) is 10.9 Å². The molecule has 1 aromatic carbocycles. The lowest BCUT2D eigenvalue weighted by Gasteiger charge is -2.34. The van der Waals surface area contributed by atoms with Gasteiger partial charge in [0.15, 0.2) is 5.96 Å². The number of nitrogens with zero attached hydrogens (tertiary/aromatic N) is 2. The van der Waals surface area contributed by atoms with E-state index in [-0.39, 0.29) is 18.0 Å². The van der Waals surface area contributed by atoms with Crippen LogP contribution in [0.2, 0.25) is 0 Å². The second-order valence-electron chi connectivity index (χ2n) is 5.94. The van der Waals surface area contributed by atoms with E-state index in [1.54, 1.807) is 14.1 Å². The maximum Gasteiger partial charge on any atom is 0.220 e. The second-order valence-corrected chi connectivity index (χ2v) is 5.94. The van der Waals surface area contributed by atoms with Crippen molar-refractivity contribution < 1.29 is 13.6 Å². The molecule has 24 heavy (non-hydrogen) atoms. The number of halogens is 2. The average molecular weight is 338 g/mol. The van der Waals surface area contributed by atoms with Crippen LogP contribution in [0, 0.1) is 17.6 Å². The molecule has 0 aliphatic carbocycles. The number of nitrogens with one attached hydrogen (secondary N) is 2. The summed E-state index contributed by atoms with van der Waals surface area (Å²) in [6.45, 7) is 1.74. The van der Waals surface area contributed by atoms with Crippen molar-refractivity contribution in [2.45, 2.75) is 25.8 Å². The van der Waals surface area contributed by atoms with Crippen LogP contribution in [0.1, 0.15) is 24.8 Å². The molecule has 0 bridgehead atoms. The van der Waals surface area contributed by atoms with Crippen LogP contribution >= 0.6 is 0 Å². The molecule has 2 rings (SSSR count). The number of hydrogen-bond acceptors (Lipinski definition) is 2. The Bertz CT molecular complexity index is 598. The highest BCUT2D eigenvalue weighted by Gasteiger charge is 2.23. The summed E-state index contributed by atoms with van der Waals surface area (Å²) in [5.41, 5.74) is 0.269. The zero-order valence-corrected chi connectivity index (χ0v) is 14.1. The van der Waals surface area contributed by atoms with Gasteiger partial charge in [0.25, 0.3) is 0 Å². The molecule has 1 aromatic rings. The highest BCUT2D eigenvalue weighted by molar-refractivity contribution is 5.80. The van der Waals surface area contributed by atoms with Crippen LogP contribution in [0.15, 0.2) is 23.2 Å². The van der Waals surface area contributed by atoms with Gasteiger partial charge in [0.1, 0.15) is 11.6 Å². The average Bonchev–Trinajstić information content (AvgIpc) is 2.59. The maximum atomic E-state index is 13.7. The minimum absolute atomic E-state index is 0.0672. The Morgan fingerprint density at radius 2 is 2.04 bits per heavy atom. The molecule has 0 atom stereocenters. The van der Waals surface area contributed by atoms with Gasteiger partial charge in [-0.25, -0.2) is 8.78 Å². The van der Waals surface area contributed by atoms with E-state index in [9.17, 15) is 13.6 Å². The van der Waals surface area contributed by atoms with Gasteiger partial charge < -0.3 is 15.5 Å². The summed E-state index contributed by atoms with van der Waals surface area (Å²) in [7, 11) is 3.32. The van der Waals surface area contributed by atoms with Crippen LogP contribution in [0.3, 0.4) is 0 Å². The quantitative estimate of drug-likeness (QED) is 0.651. The number of carbonyl (C=O) groups is 1. The van der Waals surface area contributed by atoms with E-state index in [0.717, 1.165) is 38.1 Å². The summed E-state index contributed by atoms with van der Waals surface area (Å²) in [5.74, 6) is 0.205. The van der Waals surface area contributed by atoms with E-state index in [0.29, 0.717) is 18.3 Å². The molecule has 0 spiro atoms. The zero-order chi connectivity index (χ0) is 17.5. The number of benzene rings is 1. The Kier molecular flexibility index (Phi) is 6.52. The molecule has 0 saturated carbocycles. The first kappa shape index (κ1) is 18.2. The van der Waals surface area contributed by atoms with Crippen LogP contribution in [-0.2, 0) is 11.3 Å². The van der Waals surface area contributed by atoms with Crippen LogP contribution in [0.4, 0.5) is 8.78 Å². The summed E-state index contributed by atoms with van der Waals surface area (Å²) < 4.78 is 26.9. The number of carbonyl (C=O) groups excluding carboxylic acids is 1. The van der Waals surface area contributed by atoms with Gasteiger partial charge in [-0.2, -0.15) is 0 Å². The van der Waals surface area contributed by atoms with Crippen LogP contribution in [-0.4, -0.2) is 44.0 Å². The highest BCUT2D eigenvalue weighted by atomic mass is 19.1. The molecule has 0 unspecified atom stereocenters. The predicted octanol–water partition coefficient (Wildman–Crippen LogP) is 1.89. The van der Waals surface area contributed by atoms with Gasteiger partial charge in [0.2, 0.25) is 5.91 Å². The second kappa shape index (κ2) is 8.61. The van der Waals surface area contributed by atoms with E-state index >= 15 is 0 Å². The van der Waals surface area contributed by atoms with Gasteiger partial charge >= 0.3 is 0 Å². The molecule has 1 saturated heterocycles. The van der Waals surface area contributed by atoms with E-state index in [1.165, 1.54) is 6.07 Å². The smallest absolute Gasteiger partial charge is 0.220 e. The van der Waals surface area contributed by atoms with Gasteiger partial charge in [-0.05, 0) is 37.0 Å². The van der Waals surface area contributed by atoms with Gasteiger partial charge in [0.05, 0.1) is 0 Å². The number of rotatable bonds is 4. The third-order valence-electron chi connectivity index (χ3n) is 4.32. The number of likely N-dealkylation sites (tertiary alicyclic amines) is 1. The SMILES string of the molecule is CN=C(NCc1cc(F)ccc1F)N1CCC(CC(=O)NC)CC1. The zero-order valence-electron chi connectivity index (χ0n) is 14.1. The van der Waals surface area contributed by atoms with Gasteiger partial charge in [0, 0.05) is 45.7 Å². The van der Waals surface area contributed by atoms with E-state index in [2.05, 4.69) is 20.5 Å².